The van der Waals surface area contributed by atoms with E-state index < -0.39 is 0 Å². The van der Waals surface area contributed by atoms with Gasteiger partial charge in [-0.3, -0.25) is 4.79 Å². The van der Waals surface area contributed by atoms with Gasteiger partial charge in [0.1, 0.15) is 6.10 Å². The van der Waals surface area contributed by atoms with Crippen LogP contribution >= 0.6 is 11.6 Å². The van der Waals surface area contributed by atoms with Crippen LogP contribution in [0.3, 0.4) is 0 Å². The molecule has 0 aliphatic carbocycles. The van der Waals surface area contributed by atoms with Crippen LogP contribution < -0.4 is 0 Å². The van der Waals surface area contributed by atoms with Crippen molar-refractivity contribution in [1.29, 1.82) is 0 Å². The van der Waals surface area contributed by atoms with E-state index in [1.54, 1.807) is 24.3 Å². The summed E-state index contributed by atoms with van der Waals surface area (Å²) in [6, 6.07) is 15.4. The van der Waals surface area contributed by atoms with Crippen LogP contribution in [-0.4, -0.2) is 42.4 Å². The standard InChI is InChI=1S/C23H23ClN2O2/c1-16-15-25-22(28-16)19-4-2-17(3-5-19)14-18-10-12-26(13-11-18)23(27)20-6-8-21(24)9-7-20/h2-9,14,16H,10-13,15H2,1H3. The first kappa shape index (κ1) is 18.8. The average Bonchev–Trinajstić information content (AvgIpc) is 3.15. The molecular weight excluding hydrogens is 372 g/mol. The molecule has 0 N–H and O–H groups in total. The molecule has 1 atom stereocenters. The molecular formula is C23H23ClN2O2. The summed E-state index contributed by atoms with van der Waals surface area (Å²) in [6.07, 6.45) is 4.19. The number of amides is 1. The van der Waals surface area contributed by atoms with Gasteiger partial charge in [-0.15, -0.1) is 0 Å². The maximum Gasteiger partial charge on any atom is 0.253 e. The summed E-state index contributed by atoms with van der Waals surface area (Å²) in [6.45, 7) is 4.24. The zero-order valence-corrected chi connectivity index (χ0v) is 16.7. The first-order valence-corrected chi connectivity index (χ1v) is 10.0. The van der Waals surface area contributed by atoms with Crippen LogP contribution in [0.2, 0.25) is 5.02 Å². The minimum atomic E-state index is 0.0756. The van der Waals surface area contributed by atoms with Crippen LogP contribution in [0, 0.1) is 0 Å². The van der Waals surface area contributed by atoms with Crippen LogP contribution in [-0.2, 0) is 4.74 Å². The van der Waals surface area contributed by atoms with Gasteiger partial charge in [0.05, 0.1) is 6.54 Å². The number of carbonyl (C=O) groups excluding carboxylic acids is 1. The van der Waals surface area contributed by atoms with Crippen LogP contribution in [0.5, 0.6) is 0 Å². The molecule has 0 saturated carbocycles. The highest BCUT2D eigenvalue weighted by atomic mass is 35.5. The maximum absolute atomic E-state index is 12.6. The molecule has 2 aliphatic heterocycles. The van der Waals surface area contributed by atoms with Crippen molar-refractivity contribution in [3.05, 3.63) is 75.8 Å². The normalized spacial score (nSPS) is 19.2. The molecule has 2 aliphatic rings. The third-order valence-electron chi connectivity index (χ3n) is 5.12. The Labute approximate surface area is 170 Å². The Balaban J connectivity index is 1.36. The lowest BCUT2D eigenvalue weighted by Crippen LogP contribution is -2.36. The predicted octanol–water partition coefficient (Wildman–Crippen LogP) is 4.82. The van der Waals surface area contributed by atoms with Gasteiger partial charge in [0, 0.05) is 29.2 Å². The largest absolute Gasteiger partial charge is 0.472 e. The number of ether oxygens (including phenoxy) is 1. The van der Waals surface area contributed by atoms with Crippen molar-refractivity contribution in [3.8, 4) is 0 Å². The number of hydrogen-bond acceptors (Lipinski definition) is 3. The molecule has 144 valence electrons. The van der Waals surface area contributed by atoms with Crippen molar-refractivity contribution in [2.75, 3.05) is 19.6 Å². The van der Waals surface area contributed by atoms with Gasteiger partial charge in [0.15, 0.2) is 0 Å². The van der Waals surface area contributed by atoms with Gasteiger partial charge in [-0.25, -0.2) is 4.99 Å². The number of hydrogen-bond donors (Lipinski definition) is 0. The van der Waals surface area contributed by atoms with Gasteiger partial charge in [0.25, 0.3) is 5.91 Å². The Morgan fingerprint density at radius 3 is 2.39 bits per heavy atom. The van der Waals surface area contributed by atoms with E-state index in [2.05, 4.69) is 35.3 Å². The summed E-state index contributed by atoms with van der Waals surface area (Å²) in [5.74, 6) is 0.812. The summed E-state index contributed by atoms with van der Waals surface area (Å²) >= 11 is 5.91. The summed E-state index contributed by atoms with van der Waals surface area (Å²) in [4.78, 5) is 18.9. The lowest BCUT2D eigenvalue weighted by atomic mass is 9.99. The SMILES string of the molecule is CC1CN=C(c2ccc(C=C3CCN(C(=O)c4ccc(Cl)cc4)CC3)cc2)O1. The van der Waals surface area contributed by atoms with Gasteiger partial charge in [-0.1, -0.05) is 35.4 Å². The highest BCUT2D eigenvalue weighted by Gasteiger charge is 2.20. The summed E-state index contributed by atoms with van der Waals surface area (Å²) < 4.78 is 5.70. The molecule has 0 bridgehead atoms. The van der Waals surface area contributed by atoms with Crippen LogP contribution in [0.4, 0.5) is 0 Å². The molecule has 1 amide bonds. The number of carbonyl (C=O) groups is 1. The second-order valence-corrected chi connectivity index (χ2v) is 7.73. The van der Waals surface area contributed by atoms with E-state index >= 15 is 0 Å². The third kappa shape index (κ3) is 4.28. The number of likely N-dealkylation sites (tertiary alicyclic amines) is 1. The Hall–Kier alpha value is -2.59. The fraction of sp³-hybridized carbons (Fsp3) is 0.304. The lowest BCUT2D eigenvalue weighted by Gasteiger charge is -2.28. The molecule has 0 radical (unpaired) electrons. The van der Waals surface area contributed by atoms with Crippen molar-refractivity contribution in [3.63, 3.8) is 0 Å². The zero-order valence-electron chi connectivity index (χ0n) is 15.9. The Kier molecular flexibility index (Phi) is 5.49. The van der Waals surface area contributed by atoms with Crippen molar-refractivity contribution < 1.29 is 9.53 Å². The summed E-state index contributed by atoms with van der Waals surface area (Å²) in [7, 11) is 0. The van der Waals surface area contributed by atoms with Crippen molar-refractivity contribution >= 4 is 29.5 Å². The monoisotopic (exact) mass is 394 g/mol. The third-order valence-corrected chi connectivity index (χ3v) is 5.37. The van der Waals surface area contributed by atoms with E-state index in [1.807, 2.05) is 11.8 Å². The van der Waals surface area contributed by atoms with E-state index in [0.717, 1.165) is 43.9 Å². The molecule has 28 heavy (non-hydrogen) atoms. The molecule has 4 rings (SSSR count). The Morgan fingerprint density at radius 2 is 1.79 bits per heavy atom. The number of rotatable bonds is 3. The van der Waals surface area contributed by atoms with Gasteiger partial charge in [-0.2, -0.15) is 0 Å². The molecule has 2 aromatic carbocycles. The first-order chi connectivity index (χ1) is 13.6. The predicted molar refractivity (Wildman–Crippen MR) is 113 cm³/mol. The molecule has 1 saturated heterocycles. The molecule has 4 nitrogen and oxygen atoms in total. The van der Waals surface area contributed by atoms with E-state index in [0.29, 0.717) is 10.6 Å². The van der Waals surface area contributed by atoms with E-state index in [4.69, 9.17) is 16.3 Å². The van der Waals surface area contributed by atoms with E-state index in [-0.39, 0.29) is 12.0 Å². The average molecular weight is 395 g/mol. The highest BCUT2D eigenvalue weighted by molar-refractivity contribution is 6.30. The quantitative estimate of drug-likeness (QED) is 0.748. The van der Waals surface area contributed by atoms with Crippen molar-refractivity contribution in [2.45, 2.75) is 25.9 Å². The van der Waals surface area contributed by atoms with E-state index in [1.165, 1.54) is 11.1 Å². The highest BCUT2D eigenvalue weighted by Crippen LogP contribution is 2.22. The van der Waals surface area contributed by atoms with Gasteiger partial charge < -0.3 is 9.64 Å². The number of aliphatic imine (C=N–C) groups is 1. The molecule has 2 aromatic rings. The van der Waals surface area contributed by atoms with Gasteiger partial charge >= 0.3 is 0 Å². The van der Waals surface area contributed by atoms with Crippen LogP contribution in [0.25, 0.3) is 6.08 Å². The minimum absolute atomic E-state index is 0.0756. The van der Waals surface area contributed by atoms with Crippen LogP contribution in [0.15, 0.2) is 59.1 Å². The number of benzene rings is 2. The fourth-order valence-electron chi connectivity index (χ4n) is 3.51. The van der Waals surface area contributed by atoms with E-state index in [9.17, 15) is 4.79 Å². The first-order valence-electron chi connectivity index (χ1n) is 9.64. The summed E-state index contributed by atoms with van der Waals surface area (Å²) in [5, 5.41) is 0.646. The molecule has 2 heterocycles. The van der Waals surface area contributed by atoms with Gasteiger partial charge in [-0.05, 0) is 61.7 Å². The topological polar surface area (TPSA) is 41.9 Å². The molecule has 5 heteroatoms. The van der Waals surface area contributed by atoms with Crippen molar-refractivity contribution in [2.24, 2.45) is 4.99 Å². The molecule has 1 unspecified atom stereocenters. The second-order valence-electron chi connectivity index (χ2n) is 7.30. The zero-order chi connectivity index (χ0) is 19.5. The smallest absolute Gasteiger partial charge is 0.253 e. The lowest BCUT2D eigenvalue weighted by molar-refractivity contribution is 0.0744. The maximum atomic E-state index is 12.6. The second kappa shape index (κ2) is 8.19. The summed E-state index contributed by atoms with van der Waals surface area (Å²) in [5.41, 5.74) is 4.26. The number of piperidine rings is 1. The number of nitrogens with zero attached hydrogens (tertiary/aromatic N) is 2. The molecule has 0 spiro atoms. The fourth-order valence-corrected chi connectivity index (χ4v) is 3.64. The Morgan fingerprint density at radius 1 is 1.11 bits per heavy atom. The van der Waals surface area contributed by atoms with Gasteiger partial charge in [0.2, 0.25) is 5.90 Å². The Bertz CT molecular complexity index is 907. The molecule has 0 aromatic heterocycles. The number of halogens is 1. The minimum Gasteiger partial charge on any atom is -0.472 e. The van der Waals surface area contributed by atoms with Crippen molar-refractivity contribution in [1.82, 2.24) is 4.90 Å². The molecule has 1 fully saturated rings. The van der Waals surface area contributed by atoms with Crippen LogP contribution in [0.1, 0.15) is 41.3 Å².